The summed E-state index contributed by atoms with van der Waals surface area (Å²) >= 11 is 0. The second kappa shape index (κ2) is 10.2. The van der Waals surface area contributed by atoms with Gasteiger partial charge in [0.15, 0.2) is 0 Å². The van der Waals surface area contributed by atoms with E-state index in [0.717, 1.165) is 6.07 Å². The first-order valence-corrected chi connectivity index (χ1v) is 7.42. The molecule has 0 spiro atoms. The van der Waals surface area contributed by atoms with Crippen molar-refractivity contribution in [3.05, 3.63) is 29.6 Å². The summed E-state index contributed by atoms with van der Waals surface area (Å²) in [5.41, 5.74) is 5.88. The summed E-state index contributed by atoms with van der Waals surface area (Å²) in [6.07, 6.45) is 0.969. The third kappa shape index (κ3) is 7.95. The van der Waals surface area contributed by atoms with Gasteiger partial charge in [-0.3, -0.25) is 9.59 Å². The summed E-state index contributed by atoms with van der Waals surface area (Å²) in [7, 11) is 0. The molecule has 7 heteroatoms. The lowest BCUT2D eigenvalue weighted by Crippen LogP contribution is -2.29. The molecular weight excluding hydrogens is 321 g/mol. The Morgan fingerprint density at radius 1 is 1.26 bits per heavy atom. The Morgan fingerprint density at radius 2 is 1.91 bits per heavy atom. The molecule has 0 aliphatic rings. The molecule has 0 bridgehead atoms. The van der Waals surface area contributed by atoms with Gasteiger partial charge in [0, 0.05) is 24.6 Å². The van der Waals surface area contributed by atoms with E-state index >= 15 is 0 Å². The SMILES string of the molecule is CC(C)CC(=O)Nc1ccc(C(=O)NCCC(C)N)cc1F.Cl. The van der Waals surface area contributed by atoms with Crippen molar-refractivity contribution in [2.75, 3.05) is 11.9 Å². The summed E-state index contributed by atoms with van der Waals surface area (Å²) in [5, 5.41) is 5.17. The Balaban J connectivity index is 0.00000484. The standard InChI is InChI=1S/C16H24FN3O2.ClH/c1-10(2)8-15(21)20-14-5-4-12(9-13(14)17)16(22)19-7-6-11(3)18;/h4-5,9-11H,6-8,18H2,1-3H3,(H,19,22)(H,20,21);1H. The number of hydrogen-bond donors (Lipinski definition) is 3. The second-order valence-corrected chi connectivity index (χ2v) is 5.86. The second-order valence-electron chi connectivity index (χ2n) is 5.86. The smallest absolute Gasteiger partial charge is 0.251 e. The minimum Gasteiger partial charge on any atom is -0.352 e. The van der Waals surface area contributed by atoms with Crippen molar-refractivity contribution in [1.82, 2.24) is 5.32 Å². The van der Waals surface area contributed by atoms with E-state index in [1.165, 1.54) is 12.1 Å². The lowest BCUT2D eigenvalue weighted by atomic mass is 10.1. The van der Waals surface area contributed by atoms with Gasteiger partial charge in [0.2, 0.25) is 5.91 Å². The molecule has 2 amide bonds. The molecule has 1 atom stereocenters. The van der Waals surface area contributed by atoms with Crippen LogP contribution in [0.3, 0.4) is 0 Å². The first kappa shape index (κ1) is 21.3. The van der Waals surface area contributed by atoms with Crippen LogP contribution in [0.4, 0.5) is 10.1 Å². The number of hydrogen-bond acceptors (Lipinski definition) is 3. The molecule has 1 aromatic rings. The fraction of sp³-hybridized carbons (Fsp3) is 0.500. The third-order valence-electron chi connectivity index (χ3n) is 2.98. The highest BCUT2D eigenvalue weighted by Gasteiger charge is 2.12. The largest absolute Gasteiger partial charge is 0.352 e. The van der Waals surface area contributed by atoms with Gasteiger partial charge in [-0.2, -0.15) is 0 Å². The van der Waals surface area contributed by atoms with Gasteiger partial charge in [0.1, 0.15) is 5.82 Å². The topological polar surface area (TPSA) is 84.2 Å². The Morgan fingerprint density at radius 3 is 2.43 bits per heavy atom. The molecule has 130 valence electrons. The van der Waals surface area contributed by atoms with Gasteiger partial charge in [-0.05, 0) is 37.5 Å². The minimum absolute atomic E-state index is 0. The summed E-state index contributed by atoms with van der Waals surface area (Å²) in [6, 6.07) is 3.99. The average Bonchev–Trinajstić information content (AvgIpc) is 2.39. The van der Waals surface area contributed by atoms with Gasteiger partial charge in [0.25, 0.3) is 5.91 Å². The molecule has 5 nitrogen and oxygen atoms in total. The summed E-state index contributed by atoms with van der Waals surface area (Å²) in [5.74, 6) is -1.04. The molecule has 0 saturated carbocycles. The number of anilines is 1. The molecule has 4 N–H and O–H groups in total. The summed E-state index contributed by atoms with van der Waals surface area (Å²) in [4.78, 5) is 23.5. The monoisotopic (exact) mass is 345 g/mol. The summed E-state index contributed by atoms with van der Waals surface area (Å²) in [6.45, 7) is 6.10. The maximum Gasteiger partial charge on any atom is 0.251 e. The molecule has 0 aromatic heterocycles. The van der Waals surface area contributed by atoms with E-state index in [2.05, 4.69) is 10.6 Å². The molecule has 0 aliphatic heterocycles. The Labute approximate surface area is 142 Å². The van der Waals surface area contributed by atoms with E-state index in [-0.39, 0.29) is 47.4 Å². The zero-order chi connectivity index (χ0) is 16.7. The van der Waals surface area contributed by atoms with Crippen molar-refractivity contribution in [1.29, 1.82) is 0 Å². The van der Waals surface area contributed by atoms with E-state index < -0.39 is 5.82 Å². The Bertz CT molecular complexity index is 536. The van der Waals surface area contributed by atoms with Crippen LogP contribution in [0, 0.1) is 11.7 Å². The van der Waals surface area contributed by atoms with Crippen LogP contribution in [0.25, 0.3) is 0 Å². The van der Waals surface area contributed by atoms with Crippen molar-refractivity contribution in [2.24, 2.45) is 11.7 Å². The van der Waals surface area contributed by atoms with Crippen LogP contribution in [0.2, 0.25) is 0 Å². The molecule has 0 fully saturated rings. The van der Waals surface area contributed by atoms with E-state index in [4.69, 9.17) is 5.73 Å². The van der Waals surface area contributed by atoms with Crippen molar-refractivity contribution in [3.8, 4) is 0 Å². The van der Waals surface area contributed by atoms with E-state index in [9.17, 15) is 14.0 Å². The fourth-order valence-corrected chi connectivity index (χ4v) is 1.85. The number of carbonyl (C=O) groups is 2. The van der Waals surface area contributed by atoms with Gasteiger partial charge in [0.05, 0.1) is 5.69 Å². The van der Waals surface area contributed by atoms with Gasteiger partial charge >= 0.3 is 0 Å². The van der Waals surface area contributed by atoms with E-state index in [1.54, 1.807) is 0 Å². The minimum atomic E-state index is -0.628. The normalized spacial score (nSPS) is 11.6. The maximum atomic E-state index is 13.9. The molecule has 0 radical (unpaired) electrons. The van der Waals surface area contributed by atoms with Crippen molar-refractivity contribution < 1.29 is 14.0 Å². The Kier molecular flexibility index (Phi) is 9.44. The van der Waals surface area contributed by atoms with Crippen LogP contribution in [-0.2, 0) is 4.79 Å². The Hall–Kier alpha value is -1.66. The highest BCUT2D eigenvalue weighted by molar-refractivity contribution is 5.96. The predicted molar refractivity (Wildman–Crippen MR) is 92.3 cm³/mol. The van der Waals surface area contributed by atoms with Crippen LogP contribution < -0.4 is 16.4 Å². The number of amides is 2. The number of carbonyl (C=O) groups excluding carboxylic acids is 2. The number of nitrogens with one attached hydrogen (secondary N) is 2. The van der Waals surface area contributed by atoms with E-state index in [1.807, 2.05) is 20.8 Å². The van der Waals surface area contributed by atoms with Crippen molar-refractivity contribution in [3.63, 3.8) is 0 Å². The van der Waals surface area contributed by atoms with Crippen molar-refractivity contribution in [2.45, 2.75) is 39.7 Å². The lowest BCUT2D eigenvalue weighted by molar-refractivity contribution is -0.116. The molecule has 0 heterocycles. The maximum absolute atomic E-state index is 13.9. The van der Waals surface area contributed by atoms with Gasteiger partial charge in [-0.15, -0.1) is 12.4 Å². The van der Waals surface area contributed by atoms with Crippen LogP contribution in [0.1, 0.15) is 44.0 Å². The zero-order valence-electron chi connectivity index (χ0n) is 13.7. The average molecular weight is 346 g/mol. The summed E-state index contributed by atoms with van der Waals surface area (Å²) < 4.78 is 13.9. The van der Waals surface area contributed by atoms with Crippen molar-refractivity contribution >= 4 is 29.9 Å². The van der Waals surface area contributed by atoms with Gasteiger partial charge in [-0.1, -0.05) is 13.8 Å². The third-order valence-corrected chi connectivity index (χ3v) is 2.98. The fourth-order valence-electron chi connectivity index (χ4n) is 1.85. The highest BCUT2D eigenvalue weighted by atomic mass is 35.5. The molecular formula is C16H25ClFN3O2. The number of benzene rings is 1. The number of nitrogens with two attached hydrogens (primary N) is 1. The lowest BCUT2D eigenvalue weighted by Gasteiger charge is -2.10. The van der Waals surface area contributed by atoms with Gasteiger partial charge in [-0.25, -0.2) is 4.39 Å². The molecule has 0 saturated heterocycles. The number of rotatable bonds is 7. The number of halogens is 2. The highest BCUT2D eigenvalue weighted by Crippen LogP contribution is 2.16. The van der Waals surface area contributed by atoms with Crippen LogP contribution in [0.15, 0.2) is 18.2 Å². The van der Waals surface area contributed by atoms with Gasteiger partial charge < -0.3 is 16.4 Å². The quantitative estimate of drug-likeness (QED) is 0.710. The van der Waals surface area contributed by atoms with Crippen LogP contribution in [-0.4, -0.2) is 24.4 Å². The van der Waals surface area contributed by atoms with E-state index in [0.29, 0.717) is 19.4 Å². The predicted octanol–water partition coefficient (Wildman–Crippen LogP) is 2.70. The molecule has 1 aromatic carbocycles. The van der Waals surface area contributed by atoms with Crippen LogP contribution >= 0.6 is 12.4 Å². The molecule has 23 heavy (non-hydrogen) atoms. The molecule has 1 rings (SSSR count). The first-order valence-electron chi connectivity index (χ1n) is 7.42. The first-order chi connectivity index (χ1) is 10.3. The zero-order valence-corrected chi connectivity index (χ0v) is 14.5. The molecule has 1 unspecified atom stereocenters. The molecule has 0 aliphatic carbocycles. The van der Waals surface area contributed by atoms with Crippen LogP contribution in [0.5, 0.6) is 0 Å².